The molecule has 16 heavy (non-hydrogen) atoms. The fourth-order valence-electron chi connectivity index (χ4n) is 1.43. The molecule has 1 aromatic rings. The van der Waals surface area contributed by atoms with Crippen molar-refractivity contribution in [3.63, 3.8) is 0 Å². The van der Waals surface area contributed by atoms with Gasteiger partial charge < -0.3 is 4.90 Å². The third kappa shape index (κ3) is 4.27. The minimum Gasteiger partial charge on any atom is -0.349 e. The molecule has 0 spiro atoms. The topological polar surface area (TPSA) is 20.3 Å². The average molecular weight is 237 g/mol. The van der Waals surface area contributed by atoms with Crippen molar-refractivity contribution in [2.75, 3.05) is 19.8 Å². The van der Waals surface area contributed by atoms with Gasteiger partial charge in [-0.3, -0.25) is 4.79 Å². The number of amides is 1. The molecule has 0 heterocycles. The molecule has 1 amide bonds. The molecule has 0 saturated heterocycles. The number of hydrogen-bond acceptors (Lipinski definition) is 2. The molecular weight excluding hydrogens is 218 g/mol. The summed E-state index contributed by atoms with van der Waals surface area (Å²) in [6.45, 7) is 1.99. The molecule has 0 N–H and O–H groups in total. The van der Waals surface area contributed by atoms with Crippen LogP contribution in [0.1, 0.15) is 13.3 Å². The van der Waals surface area contributed by atoms with Crippen molar-refractivity contribution in [3.05, 3.63) is 30.3 Å². The number of hydrogen-bond donors (Lipinski definition) is 0. The fourth-order valence-corrected chi connectivity index (χ4v) is 2.49. The molecule has 88 valence electrons. The van der Waals surface area contributed by atoms with Crippen molar-refractivity contribution in [2.45, 2.75) is 18.2 Å². The van der Waals surface area contributed by atoms with Gasteiger partial charge in [-0.25, -0.2) is 0 Å². The molecule has 1 rings (SSSR count). The molecule has 2 nitrogen and oxygen atoms in total. The van der Waals surface area contributed by atoms with Crippen LogP contribution in [0.5, 0.6) is 0 Å². The molecule has 0 fully saturated rings. The lowest BCUT2D eigenvalue weighted by atomic mass is 10.1. The molecule has 0 saturated carbocycles. The van der Waals surface area contributed by atoms with E-state index in [2.05, 4.69) is 12.1 Å². The molecule has 0 aliphatic carbocycles. The van der Waals surface area contributed by atoms with Gasteiger partial charge in [0.25, 0.3) is 0 Å². The highest BCUT2D eigenvalue weighted by Gasteiger charge is 2.13. The van der Waals surface area contributed by atoms with Crippen molar-refractivity contribution >= 4 is 17.7 Å². The van der Waals surface area contributed by atoms with Gasteiger partial charge in [-0.2, -0.15) is 0 Å². The summed E-state index contributed by atoms with van der Waals surface area (Å²) in [5.41, 5.74) is 0. The van der Waals surface area contributed by atoms with E-state index in [-0.39, 0.29) is 11.8 Å². The number of benzene rings is 1. The zero-order chi connectivity index (χ0) is 12.0. The lowest BCUT2D eigenvalue weighted by Gasteiger charge is -2.16. The van der Waals surface area contributed by atoms with Gasteiger partial charge in [-0.1, -0.05) is 25.1 Å². The van der Waals surface area contributed by atoms with Crippen LogP contribution in [0, 0.1) is 5.92 Å². The first-order chi connectivity index (χ1) is 7.61. The molecule has 0 aliphatic rings. The van der Waals surface area contributed by atoms with E-state index in [1.807, 2.05) is 51.0 Å². The molecule has 3 heteroatoms. The maximum atomic E-state index is 11.6. The van der Waals surface area contributed by atoms with Gasteiger partial charge in [-0.05, 0) is 24.3 Å². The smallest absolute Gasteiger partial charge is 0.224 e. The summed E-state index contributed by atoms with van der Waals surface area (Å²) in [5, 5.41) is 0. The van der Waals surface area contributed by atoms with Crippen molar-refractivity contribution in [1.82, 2.24) is 4.90 Å². The Morgan fingerprint density at radius 3 is 2.50 bits per heavy atom. The summed E-state index contributed by atoms with van der Waals surface area (Å²) < 4.78 is 0. The Morgan fingerprint density at radius 1 is 1.31 bits per heavy atom. The number of carbonyl (C=O) groups excluding carboxylic acids is 1. The predicted molar refractivity (Wildman–Crippen MR) is 69.6 cm³/mol. The minimum atomic E-state index is 0.117. The highest BCUT2D eigenvalue weighted by atomic mass is 32.2. The fraction of sp³-hybridized carbons (Fsp3) is 0.462. The number of thioether (sulfide) groups is 1. The summed E-state index contributed by atoms with van der Waals surface area (Å²) in [6, 6.07) is 10.3. The molecule has 1 unspecified atom stereocenters. The predicted octanol–water partition coefficient (Wildman–Crippen LogP) is 2.89. The first-order valence-corrected chi connectivity index (χ1v) is 6.49. The van der Waals surface area contributed by atoms with Crippen LogP contribution >= 0.6 is 11.8 Å². The quantitative estimate of drug-likeness (QED) is 0.734. The van der Waals surface area contributed by atoms with Crippen LogP contribution in [-0.4, -0.2) is 30.7 Å². The first-order valence-electron chi connectivity index (χ1n) is 5.50. The lowest BCUT2D eigenvalue weighted by Crippen LogP contribution is -2.28. The Bertz CT molecular complexity index is 324. The maximum absolute atomic E-state index is 11.6. The van der Waals surface area contributed by atoms with E-state index in [0.29, 0.717) is 0 Å². The number of nitrogens with zero attached hydrogens (tertiary/aromatic N) is 1. The SMILES string of the molecule is CC(CCSc1ccccc1)C(=O)N(C)C. The molecule has 0 radical (unpaired) electrons. The number of carbonyl (C=O) groups is 1. The molecule has 0 bridgehead atoms. The van der Waals surface area contributed by atoms with Crippen molar-refractivity contribution in [1.29, 1.82) is 0 Å². The van der Waals surface area contributed by atoms with Crippen molar-refractivity contribution < 1.29 is 4.79 Å². The summed E-state index contributed by atoms with van der Waals surface area (Å²) in [6.07, 6.45) is 0.927. The Hall–Kier alpha value is -0.960. The Balaban J connectivity index is 2.28. The van der Waals surface area contributed by atoms with Crippen LogP contribution in [0.2, 0.25) is 0 Å². The first kappa shape index (κ1) is 13.1. The third-order valence-corrected chi connectivity index (χ3v) is 3.47. The molecule has 1 aromatic carbocycles. The average Bonchev–Trinajstić information content (AvgIpc) is 2.29. The van der Waals surface area contributed by atoms with E-state index < -0.39 is 0 Å². The van der Waals surface area contributed by atoms with E-state index in [4.69, 9.17) is 0 Å². The van der Waals surface area contributed by atoms with Gasteiger partial charge in [-0.15, -0.1) is 11.8 Å². The summed E-state index contributed by atoms with van der Waals surface area (Å²) in [7, 11) is 3.62. The Labute approximate surface area is 102 Å². The van der Waals surface area contributed by atoms with E-state index in [0.717, 1.165) is 12.2 Å². The van der Waals surface area contributed by atoms with Crippen molar-refractivity contribution in [3.8, 4) is 0 Å². The summed E-state index contributed by atoms with van der Waals surface area (Å²) in [5.74, 6) is 1.32. The van der Waals surface area contributed by atoms with Gasteiger partial charge in [0.15, 0.2) is 0 Å². The zero-order valence-corrected chi connectivity index (χ0v) is 11.0. The van der Waals surface area contributed by atoms with Gasteiger partial charge in [0.2, 0.25) is 5.91 Å². The van der Waals surface area contributed by atoms with Crippen molar-refractivity contribution in [2.24, 2.45) is 5.92 Å². The standard InChI is InChI=1S/C13H19NOS/c1-11(13(15)14(2)3)9-10-16-12-7-5-4-6-8-12/h4-8,11H,9-10H2,1-3H3. The van der Waals surface area contributed by atoms with Crippen LogP contribution in [0.3, 0.4) is 0 Å². The van der Waals surface area contributed by atoms with Gasteiger partial charge in [0.1, 0.15) is 0 Å². The van der Waals surface area contributed by atoms with E-state index in [9.17, 15) is 4.79 Å². The highest BCUT2D eigenvalue weighted by molar-refractivity contribution is 7.99. The highest BCUT2D eigenvalue weighted by Crippen LogP contribution is 2.20. The molecular formula is C13H19NOS. The minimum absolute atomic E-state index is 0.117. The van der Waals surface area contributed by atoms with E-state index in [1.165, 1.54) is 4.90 Å². The zero-order valence-electron chi connectivity index (χ0n) is 10.1. The summed E-state index contributed by atoms with van der Waals surface area (Å²) >= 11 is 1.81. The van der Waals surface area contributed by atoms with Gasteiger partial charge in [0, 0.05) is 24.9 Å². The van der Waals surface area contributed by atoms with Gasteiger partial charge in [0.05, 0.1) is 0 Å². The molecule has 0 aliphatic heterocycles. The number of rotatable bonds is 5. The second kappa shape index (κ2) is 6.59. The lowest BCUT2D eigenvalue weighted by molar-refractivity contribution is -0.132. The van der Waals surface area contributed by atoms with Crippen LogP contribution in [-0.2, 0) is 4.79 Å². The van der Waals surface area contributed by atoms with Crippen LogP contribution in [0.25, 0.3) is 0 Å². The largest absolute Gasteiger partial charge is 0.349 e. The monoisotopic (exact) mass is 237 g/mol. The summed E-state index contributed by atoms with van der Waals surface area (Å²) in [4.78, 5) is 14.5. The maximum Gasteiger partial charge on any atom is 0.224 e. The Morgan fingerprint density at radius 2 is 1.94 bits per heavy atom. The van der Waals surface area contributed by atoms with E-state index in [1.54, 1.807) is 4.90 Å². The van der Waals surface area contributed by atoms with Crippen LogP contribution in [0.4, 0.5) is 0 Å². The second-order valence-corrected chi connectivity index (χ2v) is 5.25. The molecule has 0 aromatic heterocycles. The third-order valence-electron chi connectivity index (χ3n) is 2.43. The van der Waals surface area contributed by atoms with Crippen LogP contribution < -0.4 is 0 Å². The second-order valence-electron chi connectivity index (χ2n) is 4.08. The van der Waals surface area contributed by atoms with Gasteiger partial charge >= 0.3 is 0 Å². The van der Waals surface area contributed by atoms with Crippen LogP contribution in [0.15, 0.2) is 35.2 Å². The molecule has 1 atom stereocenters. The van der Waals surface area contributed by atoms with E-state index >= 15 is 0 Å². The Kier molecular flexibility index (Phi) is 5.39. The normalized spacial score (nSPS) is 12.2.